The number of nitrogens with zero attached hydrogens (tertiary/aromatic N) is 1. The molecule has 0 aromatic rings. The first-order valence-electron chi connectivity index (χ1n) is 3.64. The third-order valence-electron chi connectivity index (χ3n) is 2.00. The topological polar surface area (TPSA) is 29.3 Å². The number of hydrogen-bond donors (Lipinski definition) is 1. The maximum absolute atomic E-state index is 6.01. The monoisotopic (exact) mass is 142 g/mol. The average molecular weight is 142 g/mol. The Hall–Kier alpha value is -0.340. The van der Waals surface area contributed by atoms with Crippen molar-refractivity contribution in [1.29, 1.82) is 0 Å². The van der Waals surface area contributed by atoms with Crippen LogP contribution in [-0.4, -0.2) is 24.7 Å². The van der Waals surface area contributed by atoms with Gasteiger partial charge in [-0.05, 0) is 26.9 Å². The van der Waals surface area contributed by atoms with Crippen molar-refractivity contribution >= 4 is 0 Å². The van der Waals surface area contributed by atoms with E-state index in [9.17, 15) is 0 Å². The molecular weight excluding hydrogens is 124 g/mol. The van der Waals surface area contributed by atoms with E-state index >= 15 is 0 Å². The van der Waals surface area contributed by atoms with Crippen molar-refractivity contribution in [1.82, 2.24) is 4.90 Å². The third-order valence-corrected chi connectivity index (χ3v) is 2.00. The van der Waals surface area contributed by atoms with Gasteiger partial charge in [0.05, 0.1) is 5.66 Å². The van der Waals surface area contributed by atoms with Crippen LogP contribution in [0.5, 0.6) is 0 Å². The lowest BCUT2D eigenvalue weighted by Gasteiger charge is -2.34. The highest BCUT2D eigenvalue weighted by Gasteiger charge is 2.22. The van der Waals surface area contributed by atoms with E-state index in [2.05, 4.69) is 13.5 Å². The van der Waals surface area contributed by atoms with Gasteiger partial charge in [0.2, 0.25) is 0 Å². The van der Waals surface area contributed by atoms with Crippen LogP contribution in [0.1, 0.15) is 19.8 Å². The summed E-state index contributed by atoms with van der Waals surface area (Å²) in [5.74, 6) is 0. The molecule has 1 unspecified atom stereocenters. The van der Waals surface area contributed by atoms with E-state index in [-0.39, 0.29) is 5.66 Å². The second-order valence-electron chi connectivity index (χ2n) is 2.84. The smallest absolute Gasteiger partial charge is 0.0714 e. The fourth-order valence-corrected chi connectivity index (χ4v) is 0.893. The summed E-state index contributed by atoms with van der Waals surface area (Å²) in [5, 5.41) is 0. The molecule has 0 spiro atoms. The maximum atomic E-state index is 6.01. The van der Waals surface area contributed by atoms with Crippen molar-refractivity contribution in [2.75, 3.05) is 14.1 Å². The third kappa shape index (κ3) is 2.12. The van der Waals surface area contributed by atoms with Gasteiger partial charge in [-0.2, -0.15) is 0 Å². The molecule has 0 rings (SSSR count). The molecule has 2 nitrogen and oxygen atoms in total. The van der Waals surface area contributed by atoms with Crippen LogP contribution in [0.25, 0.3) is 0 Å². The summed E-state index contributed by atoms with van der Waals surface area (Å²) in [6, 6.07) is 0. The van der Waals surface area contributed by atoms with Gasteiger partial charge < -0.3 is 5.73 Å². The first kappa shape index (κ1) is 9.66. The molecule has 0 aliphatic heterocycles. The summed E-state index contributed by atoms with van der Waals surface area (Å²) < 4.78 is 0. The van der Waals surface area contributed by atoms with E-state index < -0.39 is 0 Å². The van der Waals surface area contributed by atoms with Crippen LogP contribution in [-0.2, 0) is 0 Å². The first-order chi connectivity index (χ1) is 4.56. The number of nitrogens with two attached hydrogens (primary N) is 1. The van der Waals surface area contributed by atoms with Crippen molar-refractivity contribution in [3.8, 4) is 0 Å². The Balaban J connectivity index is 4.07. The molecule has 60 valence electrons. The van der Waals surface area contributed by atoms with E-state index in [4.69, 9.17) is 5.73 Å². The van der Waals surface area contributed by atoms with Crippen LogP contribution in [0.2, 0.25) is 0 Å². The Kier molecular flexibility index (Phi) is 3.61. The lowest BCUT2D eigenvalue weighted by atomic mass is 10.0. The minimum atomic E-state index is -0.193. The van der Waals surface area contributed by atoms with Crippen molar-refractivity contribution in [2.24, 2.45) is 5.73 Å². The largest absolute Gasteiger partial charge is 0.313 e. The van der Waals surface area contributed by atoms with Gasteiger partial charge >= 0.3 is 0 Å². The Bertz CT molecular complexity index is 110. The van der Waals surface area contributed by atoms with Gasteiger partial charge in [-0.15, -0.1) is 6.58 Å². The zero-order valence-corrected chi connectivity index (χ0v) is 7.22. The maximum Gasteiger partial charge on any atom is 0.0714 e. The van der Waals surface area contributed by atoms with Gasteiger partial charge in [-0.3, -0.25) is 4.90 Å². The van der Waals surface area contributed by atoms with Crippen molar-refractivity contribution in [2.45, 2.75) is 25.4 Å². The average Bonchev–Trinajstić information content (AvgIpc) is 1.88. The highest BCUT2D eigenvalue weighted by Crippen LogP contribution is 2.13. The molecule has 0 amide bonds. The molecule has 2 N–H and O–H groups in total. The van der Waals surface area contributed by atoms with E-state index in [1.54, 1.807) is 0 Å². The highest BCUT2D eigenvalue weighted by atomic mass is 15.2. The SMILES string of the molecule is C=CCC(N)(CC)N(C)C. The summed E-state index contributed by atoms with van der Waals surface area (Å²) >= 11 is 0. The van der Waals surface area contributed by atoms with E-state index in [1.165, 1.54) is 0 Å². The summed E-state index contributed by atoms with van der Waals surface area (Å²) in [6.07, 6.45) is 3.66. The fraction of sp³-hybridized carbons (Fsp3) is 0.750. The van der Waals surface area contributed by atoms with Gasteiger partial charge in [-0.25, -0.2) is 0 Å². The van der Waals surface area contributed by atoms with Crippen molar-refractivity contribution < 1.29 is 0 Å². The van der Waals surface area contributed by atoms with E-state index in [0.717, 1.165) is 12.8 Å². The zero-order valence-electron chi connectivity index (χ0n) is 7.22. The Morgan fingerprint density at radius 1 is 1.60 bits per heavy atom. The van der Waals surface area contributed by atoms with Crippen LogP contribution in [0.15, 0.2) is 12.7 Å². The molecule has 0 aromatic heterocycles. The second kappa shape index (κ2) is 3.74. The zero-order chi connectivity index (χ0) is 8.20. The molecule has 10 heavy (non-hydrogen) atoms. The van der Waals surface area contributed by atoms with Gasteiger partial charge in [0.25, 0.3) is 0 Å². The predicted octanol–water partition coefficient (Wildman–Crippen LogP) is 1.19. The van der Waals surface area contributed by atoms with Crippen LogP contribution < -0.4 is 5.73 Å². The van der Waals surface area contributed by atoms with E-state index in [1.807, 2.05) is 25.1 Å². The molecule has 2 heteroatoms. The Morgan fingerprint density at radius 3 is 2.20 bits per heavy atom. The standard InChI is InChI=1S/C8H18N2/c1-5-7-8(9,6-2)10(3)4/h5H,1,6-7,9H2,2-4H3. The molecule has 0 radical (unpaired) electrons. The van der Waals surface area contributed by atoms with Gasteiger partial charge in [-0.1, -0.05) is 13.0 Å². The number of rotatable bonds is 4. The predicted molar refractivity (Wildman–Crippen MR) is 45.7 cm³/mol. The first-order valence-corrected chi connectivity index (χ1v) is 3.64. The molecule has 0 heterocycles. The molecule has 0 bridgehead atoms. The normalized spacial score (nSPS) is 16.9. The summed E-state index contributed by atoms with van der Waals surface area (Å²) in [6.45, 7) is 5.76. The highest BCUT2D eigenvalue weighted by molar-refractivity contribution is 4.87. The lowest BCUT2D eigenvalue weighted by Crippen LogP contribution is -2.51. The van der Waals surface area contributed by atoms with Crippen molar-refractivity contribution in [3.05, 3.63) is 12.7 Å². The molecule has 0 saturated heterocycles. The molecule has 0 aliphatic rings. The molecule has 0 aromatic carbocycles. The molecule has 0 aliphatic carbocycles. The van der Waals surface area contributed by atoms with Crippen LogP contribution in [0.3, 0.4) is 0 Å². The quantitative estimate of drug-likeness (QED) is 0.472. The van der Waals surface area contributed by atoms with Crippen LogP contribution in [0.4, 0.5) is 0 Å². The molecular formula is C8H18N2. The van der Waals surface area contributed by atoms with E-state index in [0.29, 0.717) is 0 Å². The summed E-state index contributed by atoms with van der Waals surface area (Å²) in [7, 11) is 3.99. The van der Waals surface area contributed by atoms with Crippen LogP contribution in [0, 0.1) is 0 Å². The van der Waals surface area contributed by atoms with Gasteiger partial charge in [0, 0.05) is 0 Å². The minimum Gasteiger partial charge on any atom is -0.313 e. The number of hydrogen-bond acceptors (Lipinski definition) is 2. The fourth-order valence-electron chi connectivity index (χ4n) is 0.893. The lowest BCUT2D eigenvalue weighted by molar-refractivity contribution is 0.155. The van der Waals surface area contributed by atoms with Gasteiger partial charge in [0.15, 0.2) is 0 Å². The minimum absolute atomic E-state index is 0.193. The Morgan fingerprint density at radius 2 is 2.10 bits per heavy atom. The molecule has 1 atom stereocenters. The van der Waals surface area contributed by atoms with Gasteiger partial charge in [0.1, 0.15) is 0 Å². The Labute approximate surface area is 63.7 Å². The molecule has 0 fully saturated rings. The van der Waals surface area contributed by atoms with Crippen LogP contribution >= 0.6 is 0 Å². The second-order valence-corrected chi connectivity index (χ2v) is 2.84. The molecule has 0 saturated carbocycles. The summed E-state index contributed by atoms with van der Waals surface area (Å²) in [4.78, 5) is 2.04. The summed E-state index contributed by atoms with van der Waals surface area (Å²) in [5.41, 5.74) is 5.81. The van der Waals surface area contributed by atoms with Crippen molar-refractivity contribution in [3.63, 3.8) is 0 Å².